The van der Waals surface area contributed by atoms with Gasteiger partial charge in [0, 0.05) is 23.5 Å². The van der Waals surface area contributed by atoms with E-state index < -0.39 is 0 Å². The molecule has 4 nitrogen and oxygen atoms in total. The number of benzene rings is 3. The van der Waals surface area contributed by atoms with Crippen molar-refractivity contribution in [3.05, 3.63) is 76.8 Å². The lowest BCUT2D eigenvalue weighted by atomic mass is 9.58. The van der Waals surface area contributed by atoms with Gasteiger partial charge < -0.3 is 15.0 Å². The van der Waals surface area contributed by atoms with Gasteiger partial charge in [-0.3, -0.25) is 4.79 Å². The Labute approximate surface area is 208 Å². The van der Waals surface area contributed by atoms with Crippen molar-refractivity contribution >= 4 is 28.3 Å². The van der Waals surface area contributed by atoms with E-state index in [4.69, 9.17) is 16.3 Å². The summed E-state index contributed by atoms with van der Waals surface area (Å²) in [5.41, 5.74) is 2.00. The minimum absolute atomic E-state index is 0.0405. The van der Waals surface area contributed by atoms with Gasteiger partial charge in [-0.25, -0.2) is 0 Å². The second kappa shape index (κ2) is 9.97. The van der Waals surface area contributed by atoms with Crippen LogP contribution in [0.2, 0.25) is 5.02 Å². The van der Waals surface area contributed by atoms with Gasteiger partial charge in [-0.05, 0) is 85.4 Å². The molecule has 1 amide bonds. The Morgan fingerprint density at radius 3 is 2.53 bits per heavy atom. The van der Waals surface area contributed by atoms with Gasteiger partial charge in [0.25, 0.3) is 0 Å². The first-order chi connectivity index (χ1) is 16.3. The molecule has 4 unspecified atom stereocenters. The van der Waals surface area contributed by atoms with Crippen LogP contribution in [-0.2, 0) is 10.2 Å². The van der Waals surface area contributed by atoms with E-state index in [2.05, 4.69) is 61.4 Å². The highest BCUT2D eigenvalue weighted by atomic mass is 35.5. The molecule has 1 aliphatic heterocycles. The molecular formula is C29H35ClN2O2. The maximum atomic E-state index is 13.8. The molecule has 1 heterocycles. The summed E-state index contributed by atoms with van der Waals surface area (Å²) >= 11 is 6.58. The van der Waals surface area contributed by atoms with E-state index in [9.17, 15) is 4.79 Å². The molecule has 0 aliphatic carbocycles. The second-order valence-electron chi connectivity index (χ2n) is 9.77. The van der Waals surface area contributed by atoms with Gasteiger partial charge >= 0.3 is 0 Å². The second-order valence-corrected chi connectivity index (χ2v) is 10.2. The normalized spacial score (nSPS) is 22.8. The lowest BCUT2D eigenvalue weighted by molar-refractivity contribution is -0.129. The quantitative estimate of drug-likeness (QED) is 0.471. The third-order valence-corrected chi connectivity index (χ3v) is 8.18. The zero-order valence-electron chi connectivity index (χ0n) is 20.8. The zero-order valence-corrected chi connectivity index (χ0v) is 21.5. The van der Waals surface area contributed by atoms with E-state index in [0.29, 0.717) is 11.1 Å². The Morgan fingerprint density at radius 1 is 1.18 bits per heavy atom. The van der Waals surface area contributed by atoms with Crippen LogP contribution in [0.3, 0.4) is 0 Å². The summed E-state index contributed by atoms with van der Waals surface area (Å²) in [5.74, 6) is 0.597. The first kappa shape index (κ1) is 24.6. The van der Waals surface area contributed by atoms with Crippen LogP contribution in [0.1, 0.15) is 43.7 Å². The highest BCUT2D eigenvalue weighted by Gasteiger charge is 2.50. The Kier molecular flexibility index (Phi) is 7.20. The number of carbonyl (C=O) groups excluding carboxylic acids is 1. The number of nitrogens with one attached hydrogen (secondary N) is 1. The molecule has 3 aromatic rings. The summed E-state index contributed by atoms with van der Waals surface area (Å²) in [4.78, 5) is 16.1. The number of halogens is 1. The van der Waals surface area contributed by atoms with Gasteiger partial charge in [0.1, 0.15) is 5.75 Å². The number of likely N-dealkylation sites (tertiary alicyclic amines) is 1. The van der Waals surface area contributed by atoms with Crippen molar-refractivity contribution in [2.75, 3.05) is 27.7 Å². The molecular weight excluding hydrogens is 444 g/mol. The van der Waals surface area contributed by atoms with Crippen molar-refractivity contribution in [2.24, 2.45) is 5.92 Å². The van der Waals surface area contributed by atoms with E-state index in [-0.39, 0.29) is 23.2 Å². The molecule has 1 saturated heterocycles. The molecule has 34 heavy (non-hydrogen) atoms. The fraction of sp³-hybridized carbons (Fsp3) is 0.414. The lowest BCUT2D eigenvalue weighted by Gasteiger charge is -2.50. The molecule has 3 aromatic carbocycles. The Balaban J connectivity index is 1.91. The number of fused-ring (bicyclic) bond motifs is 1. The molecule has 1 aliphatic rings. The van der Waals surface area contributed by atoms with E-state index in [1.807, 2.05) is 30.3 Å². The maximum absolute atomic E-state index is 13.8. The van der Waals surface area contributed by atoms with Crippen molar-refractivity contribution in [1.29, 1.82) is 0 Å². The van der Waals surface area contributed by atoms with Gasteiger partial charge in [0.2, 0.25) is 5.91 Å². The lowest BCUT2D eigenvalue weighted by Crippen LogP contribution is -2.54. The van der Waals surface area contributed by atoms with Gasteiger partial charge in [0.05, 0.1) is 13.0 Å². The number of ether oxygens (including phenoxy) is 1. The molecule has 0 spiro atoms. The van der Waals surface area contributed by atoms with E-state index in [0.717, 1.165) is 41.5 Å². The number of hydrogen-bond acceptors (Lipinski definition) is 3. The number of methoxy groups -OCH3 is 1. The zero-order chi connectivity index (χ0) is 24.5. The predicted octanol–water partition coefficient (Wildman–Crippen LogP) is 6.02. The SMILES string of the molecule is CNC(=O)C(C(C)c1cc(Cl)cc2ccccc12)C1(c2ccc(OC)cc2)CCN(C)C(C)C1. The predicted molar refractivity (Wildman–Crippen MR) is 141 cm³/mol. The number of piperidine rings is 1. The van der Waals surface area contributed by atoms with Crippen LogP contribution in [0.25, 0.3) is 10.8 Å². The number of carbonyl (C=O) groups is 1. The largest absolute Gasteiger partial charge is 0.497 e. The maximum Gasteiger partial charge on any atom is 0.224 e. The number of amides is 1. The molecule has 0 radical (unpaired) electrons. The summed E-state index contributed by atoms with van der Waals surface area (Å²) in [6.45, 7) is 5.38. The standard InChI is InChI=1S/C29H35ClN2O2/c1-19-18-29(14-15-32(19)4,22-10-12-24(34-5)13-11-22)27(28(33)31-3)20(2)26-17-23(30)16-21-8-6-7-9-25(21)26/h6-13,16-17,19-20,27H,14-15,18H2,1-5H3,(H,31,33). The van der Waals surface area contributed by atoms with Gasteiger partial charge in [0.15, 0.2) is 0 Å². The Hall–Kier alpha value is -2.56. The van der Waals surface area contributed by atoms with Crippen LogP contribution in [-0.4, -0.2) is 44.6 Å². The third-order valence-electron chi connectivity index (χ3n) is 7.96. The topological polar surface area (TPSA) is 41.6 Å². The Bertz CT molecular complexity index is 1160. The van der Waals surface area contributed by atoms with Gasteiger partial charge in [-0.1, -0.05) is 54.9 Å². The van der Waals surface area contributed by atoms with Crippen LogP contribution >= 0.6 is 11.6 Å². The fourth-order valence-corrected chi connectivity index (χ4v) is 6.23. The van der Waals surface area contributed by atoms with Crippen molar-refractivity contribution in [3.63, 3.8) is 0 Å². The number of hydrogen-bond donors (Lipinski definition) is 1. The van der Waals surface area contributed by atoms with Gasteiger partial charge in [-0.2, -0.15) is 0 Å². The van der Waals surface area contributed by atoms with Crippen molar-refractivity contribution in [2.45, 2.75) is 44.1 Å². The summed E-state index contributed by atoms with van der Waals surface area (Å²) in [6.07, 6.45) is 1.80. The number of nitrogens with zero attached hydrogens (tertiary/aromatic N) is 1. The summed E-state index contributed by atoms with van der Waals surface area (Å²) in [7, 11) is 5.60. The molecule has 1 fully saturated rings. The van der Waals surface area contributed by atoms with Gasteiger partial charge in [-0.15, -0.1) is 0 Å². The molecule has 0 aromatic heterocycles. The van der Waals surface area contributed by atoms with Crippen LogP contribution in [0.5, 0.6) is 5.75 Å². The highest BCUT2D eigenvalue weighted by molar-refractivity contribution is 6.31. The first-order valence-electron chi connectivity index (χ1n) is 12.0. The molecule has 180 valence electrons. The van der Waals surface area contributed by atoms with E-state index >= 15 is 0 Å². The van der Waals surface area contributed by atoms with E-state index in [1.54, 1.807) is 14.2 Å². The fourth-order valence-electron chi connectivity index (χ4n) is 6.00. The number of rotatable bonds is 6. The van der Waals surface area contributed by atoms with Crippen LogP contribution in [0.4, 0.5) is 0 Å². The third kappa shape index (κ3) is 4.42. The average molecular weight is 479 g/mol. The first-order valence-corrected chi connectivity index (χ1v) is 12.4. The molecule has 4 atom stereocenters. The van der Waals surface area contributed by atoms with Crippen LogP contribution < -0.4 is 10.1 Å². The summed E-state index contributed by atoms with van der Waals surface area (Å²) in [6, 6.07) is 21.0. The van der Waals surface area contributed by atoms with Crippen LogP contribution in [0, 0.1) is 5.92 Å². The minimum atomic E-state index is -0.318. The molecule has 0 saturated carbocycles. The average Bonchev–Trinajstić information content (AvgIpc) is 2.85. The van der Waals surface area contributed by atoms with Crippen molar-refractivity contribution in [3.8, 4) is 5.75 Å². The molecule has 4 rings (SSSR count). The minimum Gasteiger partial charge on any atom is -0.497 e. The van der Waals surface area contributed by atoms with E-state index in [1.165, 1.54) is 5.56 Å². The van der Waals surface area contributed by atoms with Crippen molar-refractivity contribution < 1.29 is 9.53 Å². The summed E-state index contributed by atoms with van der Waals surface area (Å²) in [5, 5.41) is 5.96. The molecule has 5 heteroatoms. The monoisotopic (exact) mass is 478 g/mol. The molecule has 1 N–H and O–H groups in total. The van der Waals surface area contributed by atoms with Crippen molar-refractivity contribution in [1.82, 2.24) is 10.2 Å². The Morgan fingerprint density at radius 2 is 1.88 bits per heavy atom. The smallest absolute Gasteiger partial charge is 0.224 e. The summed E-state index contributed by atoms with van der Waals surface area (Å²) < 4.78 is 5.43. The van der Waals surface area contributed by atoms with Crippen LogP contribution in [0.15, 0.2) is 60.7 Å². The highest BCUT2D eigenvalue weighted by Crippen LogP contribution is 2.50. The molecule has 0 bridgehead atoms.